The Morgan fingerprint density at radius 3 is 1.23 bits per heavy atom. The highest BCUT2D eigenvalue weighted by Crippen LogP contribution is 2.18. The van der Waals surface area contributed by atoms with Crippen LogP contribution in [0.15, 0.2) is 0 Å². The molecule has 0 aliphatic carbocycles. The zero-order valence-electron chi connectivity index (χ0n) is 7.66. The summed E-state index contributed by atoms with van der Waals surface area (Å²) >= 11 is 0. The topological polar surface area (TPSA) is 71.4 Å². The van der Waals surface area contributed by atoms with Crippen LogP contribution in [0, 0.1) is 39.9 Å². The molecule has 0 saturated carbocycles. The highest BCUT2D eigenvalue weighted by molar-refractivity contribution is 4.79. The van der Waals surface area contributed by atoms with E-state index in [1.54, 1.807) is 0 Å². The molecule has 0 aliphatic heterocycles. The van der Waals surface area contributed by atoms with E-state index in [-0.39, 0.29) is 0 Å². The molecule has 0 N–H and O–H groups in total. The molecule has 3 heteroatoms. The Hall–Kier alpha value is -1.53. The standard InChI is InChI=1S/C10H13N3/c11-7-1-4-10(5-2-8-12)6-3-9-13/h10H,1-6H2. The minimum Gasteiger partial charge on any atom is -0.198 e. The van der Waals surface area contributed by atoms with Gasteiger partial charge in [0.2, 0.25) is 0 Å². The van der Waals surface area contributed by atoms with Crippen molar-refractivity contribution in [2.75, 3.05) is 0 Å². The monoisotopic (exact) mass is 175 g/mol. The van der Waals surface area contributed by atoms with Crippen molar-refractivity contribution in [1.82, 2.24) is 0 Å². The number of nitriles is 3. The molecule has 0 amide bonds. The lowest BCUT2D eigenvalue weighted by molar-refractivity contribution is 0.435. The Labute approximate surface area is 79.2 Å². The summed E-state index contributed by atoms with van der Waals surface area (Å²) in [5, 5.41) is 25.2. The zero-order valence-corrected chi connectivity index (χ0v) is 7.66. The Morgan fingerprint density at radius 2 is 1.00 bits per heavy atom. The number of hydrogen-bond acceptors (Lipinski definition) is 3. The molecule has 0 unspecified atom stereocenters. The lowest BCUT2D eigenvalue weighted by Crippen LogP contribution is -1.99. The Balaban J connectivity index is 3.70. The second kappa shape index (κ2) is 8.57. The van der Waals surface area contributed by atoms with Crippen LogP contribution in [0.25, 0.3) is 0 Å². The zero-order chi connectivity index (χ0) is 9.94. The first-order valence-corrected chi connectivity index (χ1v) is 4.46. The smallest absolute Gasteiger partial charge is 0.0621 e. The SMILES string of the molecule is N#CCCC(CCC#N)CCC#N. The maximum atomic E-state index is 8.39. The van der Waals surface area contributed by atoms with E-state index in [9.17, 15) is 0 Å². The molecule has 0 atom stereocenters. The normalized spacial score (nSPS) is 8.77. The van der Waals surface area contributed by atoms with Crippen LogP contribution in [0.1, 0.15) is 38.5 Å². The molecule has 0 aromatic rings. The maximum absolute atomic E-state index is 8.39. The fourth-order valence-electron chi connectivity index (χ4n) is 1.24. The van der Waals surface area contributed by atoms with E-state index < -0.39 is 0 Å². The number of rotatable bonds is 6. The average Bonchev–Trinajstić information content (AvgIpc) is 2.17. The predicted molar refractivity (Wildman–Crippen MR) is 48.0 cm³/mol. The summed E-state index contributed by atoms with van der Waals surface area (Å²) in [6.45, 7) is 0. The third-order valence-electron chi connectivity index (χ3n) is 1.99. The molecule has 0 saturated heterocycles. The minimum atomic E-state index is 0.374. The summed E-state index contributed by atoms with van der Waals surface area (Å²) < 4.78 is 0. The molecule has 13 heavy (non-hydrogen) atoms. The van der Waals surface area contributed by atoms with Crippen molar-refractivity contribution in [1.29, 1.82) is 15.8 Å². The second-order valence-electron chi connectivity index (χ2n) is 2.96. The molecule has 68 valence electrons. The summed E-state index contributed by atoms with van der Waals surface area (Å²) in [6, 6.07) is 6.26. The lowest BCUT2D eigenvalue weighted by atomic mass is 9.93. The van der Waals surface area contributed by atoms with Crippen LogP contribution in [0.4, 0.5) is 0 Å². The summed E-state index contributed by atoms with van der Waals surface area (Å²) in [4.78, 5) is 0. The van der Waals surface area contributed by atoms with Gasteiger partial charge in [-0.15, -0.1) is 0 Å². The quantitative estimate of drug-likeness (QED) is 0.622. The Kier molecular flexibility index (Phi) is 7.56. The van der Waals surface area contributed by atoms with Crippen molar-refractivity contribution < 1.29 is 0 Å². The van der Waals surface area contributed by atoms with Crippen molar-refractivity contribution >= 4 is 0 Å². The third-order valence-corrected chi connectivity index (χ3v) is 1.99. The van der Waals surface area contributed by atoms with Crippen LogP contribution in [-0.2, 0) is 0 Å². The first-order valence-electron chi connectivity index (χ1n) is 4.46. The largest absolute Gasteiger partial charge is 0.198 e. The van der Waals surface area contributed by atoms with Gasteiger partial charge in [0.05, 0.1) is 18.2 Å². The van der Waals surface area contributed by atoms with Gasteiger partial charge in [-0.25, -0.2) is 0 Å². The van der Waals surface area contributed by atoms with Crippen molar-refractivity contribution in [2.24, 2.45) is 5.92 Å². The van der Waals surface area contributed by atoms with Crippen LogP contribution in [0.5, 0.6) is 0 Å². The molecule has 0 fully saturated rings. The van der Waals surface area contributed by atoms with Gasteiger partial charge in [0.1, 0.15) is 0 Å². The van der Waals surface area contributed by atoms with E-state index in [1.165, 1.54) is 0 Å². The molecule has 0 spiro atoms. The Morgan fingerprint density at radius 1 is 0.692 bits per heavy atom. The first kappa shape index (κ1) is 11.5. The van der Waals surface area contributed by atoms with E-state index in [2.05, 4.69) is 18.2 Å². The van der Waals surface area contributed by atoms with Crippen molar-refractivity contribution in [2.45, 2.75) is 38.5 Å². The molecule has 0 heterocycles. The molecule has 0 rings (SSSR count). The van der Waals surface area contributed by atoms with Gasteiger partial charge in [0.15, 0.2) is 0 Å². The van der Waals surface area contributed by atoms with Gasteiger partial charge in [-0.1, -0.05) is 0 Å². The number of nitrogens with zero attached hydrogens (tertiary/aromatic N) is 3. The highest BCUT2D eigenvalue weighted by atomic mass is 14.3. The Bertz CT molecular complexity index is 196. The first-order chi connectivity index (χ1) is 6.35. The average molecular weight is 175 g/mol. The van der Waals surface area contributed by atoms with Gasteiger partial charge in [-0.3, -0.25) is 0 Å². The van der Waals surface area contributed by atoms with Gasteiger partial charge in [-0.2, -0.15) is 15.8 Å². The summed E-state index contributed by atoms with van der Waals surface area (Å²) in [7, 11) is 0. The summed E-state index contributed by atoms with van der Waals surface area (Å²) in [6.07, 6.45) is 4.05. The van der Waals surface area contributed by atoms with Gasteiger partial charge >= 0.3 is 0 Å². The van der Waals surface area contributed by atoms with Crippen molar-refractivity contribution in [3.63, 3.8) is 0 Å². The van der Waals surface area contributed by atoms with Crippen LogP contribution < -0.4 is 0 Å². The summed E-state index contributed by atoms with van der Waals surface area (Å²) in [5.41, 5.74) is 0. The van der Waals surface area contributed by atoms with E-state index in [1.807, 2.05) is 0 Å². The highest BCUT2D eigenvalue weighted by Gasteiger charge is 2.07. The number of hydrogen-bond donors (Lipinski definition) is 0. The van der Waals surface area contributed by atoms with Gasteiger partial charge < -0.3 is 0 Å². The molecule has 0 aromatic heterocycles. The van der Waals surface area contributed by atoms with Gasteiger partial charge in [-0.05, 0) is 25.2 Å². The van der Waals surface area contributed by atoms with E-state index in [4.69, 9.17) is 15.8 Å². The lowest BCUT2D eigenvalue weighted by Gasteiger charge is -2.10. The van der Waals surface area contributed by atoms with Gasteiger partial charge in [0.25, 0.3) is 0 Å². The molecule has 0 aliphatic rings. The minimum absolute atomic E-state index is 0.374. The van der Waals surface area contributed by atoms with Crippen molar-refractivity contribution in [3.8, 4) is 18.2 Å². The second-order valence-corrected chi connectivity index (χ2v) is 2.96. The van der Waals surface area contributed by atoms with Crippen LogP contribution >= 0.6 is 0 Å². The van der Waals surface area contributed by atoms with E-state index in [0.29, 0.717) is 25.2 Å². The van der Waals surface area contributed by atoms with Gasteiger partial charge in [0, 0.05) is 19.3 Å². The van der Waals surface area contributed by atoms with Crippen molar-refractivity contribution in [3.05, 3.63) is 0 Å². The van der Waals surface area contributed by atoms with Crippen LogP contribution in [0.3, 0.4) is 0 Å². The molecule has 0 radical (unpaired) electrons. The van der Waals surface area contributed by atoms with E-state index >= 15 is 0 Å². The predicted octanol–water partition coefficient (Wildman–Crippen LogP) is 2.51. The fraction of sp³-hybridized carbons (Fsp3) is 0.700. The molecular formula is C10H13N3. The summed E-state index contributed by atoms with van der Waals surface area (Å²) in [5.74, 6) is 0.374. The van der Waals surface area contributed by atoms with Crippen LogP contribution in [-0.4, -0.2) is 0 Å². The molecule has 3 nitrogen and oxygen atoms in total. The third kappa shape index (κ3) is 6.85. The molecule has 0 bridgehead atoms. The maximum Gasteiger partial charge on any atom is 0.0621 e. The molecular weight excluding hydrogens is 162 g/mol. The van der Waals surface area contributed by atoms with E-state index in [0.717, 1.165) is 19.3 Å². The fourth-order valence-corrected chi connectivity index (χ4v) is 1.24. The molecule has 0 aromatic carbocycles. The van der Waals surface area contributed by atoms with Crippen LogP contribution in [0.2, 0.25) is 0 Å².